The lowest BCUT2D eigenvalue weighted by molar-refractivity contribution is -0.141. The molecule has 1 amide bonds. The molecule has 0 aliphatic carbocycles. The number of fused-ring (bicyclic) bond motifs is 2. The second kappa shape index (κ2) is 9.13. The van der Waals surface area contributed by atoms with E-state index >= 15 is 0 Å². The van der Waals surface area contributed by atoms with Gasteiger partial charge in [-0.25, -0.2) is 8.42 Å². The van der Waals surface area contributed by atoms with E-state index in [0.29, 0.717) is 41.2 Å². The number of carbonyl (C=O) groups excluding carboxylic acids is 2. The Morgan fingerprint density at radius 1 is 1.26 bits per heavy atom. The minimum Gasteiger partial charge on any atom is -0.468 e. The van der Waals surface area contributed by atoms with Crippen LogP contribution in [0.5, 0.6) is 11.5 Å². The molecule has 1 atom stereocenters. The summed E-state index contributed by atoms with van der Waals surface area (Å²) in [4.78, 5) is 29.9. The number of ether oxygens (including phenoxy) is 3. The van der Waals surface area contributed by atoms with Crippen LogP contribution in [-0.2, 0) is 30.9 Å². The Hall–Kier alpha value is -2.74. The van der Waals surface area contributed by atoms with Crippen molar-refractivity contribution >= 4 is 54.8 Å². The molecule has 4 heterocycles. The lowest BCUT2D eigenvalue weighted by Gasteiger charge is -2.29. The number of hydrogen-bond donors (Lipinski definition) is 0. The average molecular weight is 524 g/mol. The van der Waals surface area contributed by atoms with E-state index < -0.39 is 27.8 Å². The number of sulfonamides is 1. The van der Waals surface area contributed by atoms with Gasteiger partial charge in [0.05, 0.1) is 23.2 Å². The zero-order valence-electron chi connectivity index (χ0n) is 18.1. The summed E-state index contributed by atoms with van der Waals surface area (Å²) < 4.78 is 45.5. The van der Waals surface area contributed by atoms with Crippen molar-refractivity contribution in [2.45, 2.75) is 23.6 Å². The minimum atomic E-state index is -3.65. The van der Waals surface area contributed by atoms with Crippen molar-refractivity contribution in [2.24, 2.45) is 10.9 Å². The number of benzene rings is 1. The molecule has 0 spiro atoms. The SMILES string of the molecule is COC(=O)Cn1c(=NC(=O)C2CCCN(S(=O)(=O)c3cccs3)C2)sc2cc3c(cc21)OCO3. The summed E-state index contributed by atoms with van der Waals surface area (Å²) in [6.07, 6.45) is 1.10. The second-order valence-electron chi connectivity index (χ2n) is 7.80. The Bertz CT molecular complexity index is 1420. The number of rotatable bonds is 5. The first kappa shape index (κ1) is 23.0. The molecule has 180 valence electrons. The van der Waals surface area contributed by atoms with Crippen molar-refractivity contribution in [3.05, 3.63) is 34.4 Å². The number of thiazole rings is 1. The van der Waals surface area contributed by atoms with Gasteiger partial charge in [-0.2, -0.15) is 9.30 Å². The van der Waals surface area contributed by atoms with Gasteiger partial charge in [0, 0.05) is 25.2 Å². The third kappa shape index (κ3) is 4.24. The maximum absolute atomic E-state index is 13.2. The first-order valence-corrected chi connectivity index (χ1v) is 13.6. The zero-order chi connectivity index (χ0) is 23.9. The molecular weight excluding hydrogens is 502 g/mol. The molecule has 10 nitrogen and oxygen atoms in total. The molecule has 2 aliphatic heterocycles. The van der Waals surface area contributed by atoms with Gasteiger partial charge < -0.3 is 18.8 Å². The molecule has 3 aromatic rings. The summed E-state index contributed by atoms with van der Waals surface area (Å²) in [7, 11) is -2.36. The van der Waals surface area contributed by atoms with Crippen molar-refractivity contribution in [2.75, 3.05) is 27.0 Å². The standard InChI is InChI=1S/C21H21N3O7S3/c1-29-18(25)11-24-14-8-15-16(31-12-30-15)9-17(14)33-21(24)22-20(26)13-4-2-6-23(10-13)34(27,28)19-5-3-7-32-19/h3,5,7-9,13H,2,4,6,10-12H2,1H3. The molecule has 0 bridgehead atoms. The number of nitrogens with zero attached hydrogens (tertiary/aromatic N) is 3. The van der Waals surface area contributed by atoms with Gasteiger partial charge in [0.15, 0.2) is 16.3 Å². The second-order valence-corrected chi connectivity index (χ2v) is 11.9. The third-order valence-corrected chi connectivity index (χ3v) is 10.00. The van der Waals surface area contributed by atoms with Crippen LogP contribution in [0.2, 0.25) is 0 Å². The predicted octanol–water partition coefficient (Wildman–Crippen LogP) is 2.19. The fraction of sp³-hybridized carbons (Fsp3) is 0.381. The monoisotopic (exact) mass is 523 g/mol. The molecule has 1 aromatic carbocycles. The van der Waals surface area contributed by atoms with E-state index in [-0.39, 0.29) is 24.1 Å². The Morgan fingerprint density at radius 3 is 2.79 bits per heavy atom. The quantitative estimate of drug-likeness (QED) is 0.471. The van der Waals surface area contributed by atoms with Gasteiger partial charge >= 0.3 is 5.97 Å². The largest absolute Gasteiger partial charge is 0.468 e. The van der Waals surface area contributed by atoms with Crippen LogP contribution in [0, 0.1) is 5.92 Å². The molecule has 2 aliphatic rings. The van der Waals surface area contributed by atoms with Crippen LogP contribution in [0.1, 0.15) is 12.8 Å². The molecule has 5 rings (SSSR count). The number of aromatic nitrogens is 1. The van der Waals surface area contributed by atoms with E-state index in [1.807, 2.05) is 0 Å². The third-order valence-electron chi connectivity index (χ3n) is 5.72. The van der Waals surface area contributed by atoms with Gasteiger partial charge in [-0.3, -0.25) is 9.59 Å². The maximum atomic E-state index is 13.2. The van der Waals surface area contributed by atoms with Gasteiger partial charge in [-0.15, -0.1) is 11.3 Å². The molecule has 0 radical (unpaired) electrons. The van der Waals surface area contributed by atoms with Crippen molar-refractivity contribution < 1.29 is 32.2 Å². The number of amides is 1. The Morgan fingerprint density at radius 2 is 2.06 bits per heavy atom. The molecule has 1 fully saturated rings. The van der Waals surface area contributed by atoms with E-state index in [2.05, 4.69) is 4.99 Å². The lowest BCUT2D eigenvalue weighted by atomic mass is 9.99. The molecule has 0 saturated carbocycles. The van der Waals surface area contributed by atoms with Crippen molar-refractivity contribution in [1.82, 2.24) is 8.87 Å². The Balaban J connectivity index is 1.48. The Labute approximate surface area is 203 Å². The van der Waals surface area contributed by atoms with E-state index in [0.717, 1.165) is 16.0 Å². The minimum absolute atomic E-state index is 0.0699. The van der Waals surface area contributed by atoms with Crippen molar-refractivity contribution in [1.29, 1.82) is 0 Å². The summed E-state index contributed by atoms with van der Waals surface area (Å²) in [6.45, 7) is 0.416. The smallest absolute Gasteiger partial charge is 0.325 e. The molecule has 2 aromatic heterocycles. The predicted molar refractivity (Wildman–Crippen MR) is 124 cm³/mol. The van der Waals surface area contributed by atoms with Gasteiger partial charge in [0.2, 0.25) is 6.79 Å². The van der Waals surface area contributed by atoms with E-state index in [9.17, 15) is 18.0 Å². The highest BCUT2D eigenvalue weighted by Crippen LogP contribution is 2.37. The summed E-state index contributed by atoms with van der Waals surface area (Å²) in [5.74, 6) is -0.354. The summed E-state index contributed by atoms with van der Waals surface area (Å²) >= 11 is 2.39. The maximum Gasteiger partial charge on any atom is 0.325 e. The highest BCUT2D eigenvalue weighted by Gasteiger charge is 2.34. The van der Waals surface area contributed by atoms with Crippen LogP contribution >= 0.6 is 22.7 Å². The van der Waals surface area contributed by atoms with E-state index in [1.54, 1.807) is 34.2 Å². The van der Waals surface area contributed by atoms with Crippen LogP contribution in [-0.4, -0.2) is 56.2 Å². The fourth-order valence-electron chi connectivity index (χ4n) is 3.98. The number of piperidine rings is 1. The van der Waals surface area contributed by atoms with Crippen LogP contribution in [0.3, 0.4) is 0 Å². The molecule has 0 N–H and O–H groups in total. The van der Waals surface area contributed by atoms with Gasteiger partial charge in [0.1, 0.15) is 10.8 Å². The van der Waals surface area contributed by atoms with E-state index in [4.69, 9.17) is 14.2 Å². The number of thiophene rings is 1. The van der Waals surface area contributed by atoms with Gasteiger partial charge in [0.25, 0.3) is 15.9 Å². The van der Waals surface area contributed by atoms with Crippen LogP contribution < -0.4 is 14.3 Å². The van der Waals surface area contributed by atoms with Gasteiger partial charge in [-0.05, 0) is 24.3 Å². The summed E-state index contributed by atoms with van der Waals surface area (Å²) in [5.41, 5.74) is 0.664. The van der Waals surface area contributed by atoms with Crippen LogP contribution in [0.4, 0.5) is 0 Å². The van der Waals surface area contributed by atoms with E-state index in [1.165, 1.54) is 22.8 Å². The number of carbonyl (C=O) groups is 2. The molecule has 34 heavy (non-hydrogen) atoms. The lowest BCUT2D eigenvalue weighted by Crippen LogP contribution is -2.42. The van der Waals surface area contributed by atoms with Crippen molar-refractivity contribution in [3.8, 4) is 11.5 Å². The van der Waals surface area contributed by atoms with Gasteiger partial charge in [-0.1, -0.05) is 17.4 Å². The zero-order valence-corrected chi connectivity index (χ0v) is 20.6. The highest BCUT2D eigenvalue weighted by molar-refractivity contribution is 7.91. The number of methoxy groups -OCH3 is 1. The fourth-order valence-corrected chi connectivity index (χ4v) is 7.69. The normalized spacial score (nSPS) is 19.0. The number of hydrogen-bond acceptors (Lipinski definition) is 9. The van der Waals surface area contributed by atoms with Crippen LogP contribution in [0.25, 0.3) is 10.2 Å². The first-order valence-electron chi connectivity index (χ1n) is 10.5. The Kier molecular flexibility index (Phi) is 6.18. The summed E-state index contributed by atoms with van der Waals surface area (Å²) in [5, 5.41) is 1.71. The molecular formula is C21H21N3O7S3. The topological polar surface area (TPSA) is 116 Å². The highest BCUT2D eigenvalue weighted by atomic mass is 32.2. The average Bonchev–Trinajstić information content (AvgIpc) is 3.59. The molecule has 13 heteroatoms. The molecule has 1 saturated heterocycles. The first-order chi connectivity index (χ1) is 16.4. The molecule has 1 unspecified atom stereocenters. The summed E-state index contributed by atoms with van der Waals surface area (Å²) in [6, 6.07) is 6.78. The van der Waals surface area contributed by atoms with Crippen LogP contribution in [0.15, 0.2) is 38.8 Å². The number of esters is 1. The van der Waals surface area contributed by atoms with Crippen molar-refractivity contribution in [3.63, 3.8) is 0 Å².